The van der Waals surface area contributed by atoms with Gasteiger partial charge in [-0.3, -0.25) is 14.9 Å². The van der Waals surface area contributed by atoms with Crippen molar-refractivity contribution >= 4 is 17.5 Å². The number of carbonyl (C=O) groups is 1. The Morgan fingerprint density at radius 1 is 1.10 bits per heavy atom. The van der Waals surface area contributed by atoms with E-state index in [0.29, 0.717) is 5.56 Å². The zero-order valence-corrected chi connectivity index (χ0v) is 10.3. The monoisotopic (exact) mass is 271 g/mol. The van der Waals surface area contributed by atoms with Crippen molar-refractivity contribution in [2.24, 2.45) is 0 Å². The highest BCUT2D eigenvalue weighted by Gasteiger charge is 2.16. The number of allylic oxidation sites excluding steroid dienone is 1. The summed E-state index contributed by atoms with van der Waals surface area (Å²) < 4.78 is 12.7. The fraction of sp³-hybridized carbons (Fsp3) is 0. The highest BCUT2D eigenvalue weighted by Crippen LogP contribution is 2.19. The minimum atomic E-state index is -0.598. The summed E-state index contributed by atoms with van der Waals surface area (Å²) in [7, 11) is 0. The van der Waals surface area contributed by atoms with Gasteiger partial charge in [-0.1, -0.05) is 30.3 Å². The number of hydrogen-bond acceptors (Lipinski definition) is 3. The Balaban J connectivity index is 2.24. The summed E-state index contributed by atoms with van der Waals surface area (Å²) >= 11 is 0. The summed E-state index contributed by atoms with van der Waals surface area (Å²) in [6, 6.07) is 11.3. The molecular formula is C15H10FNO3. The van der Waals surface area contributed by atoms with Gasteiger partial charge in [0.15, 0.2) is 5.78 Å². The maximum absolute atomic E-state index is 12.7. The lowest BCUT2D eigenvalue weighted by Crippen LogP contribution is -2.00. The van der Waals surface area contributed by atoms with E-state index >= 15 is 0 Å². The summed E-state index contributed by atoms with van der Waals surface area (Å²) in [4.78, 5) is 22.2. The van der Waals surface area contributed by atoms with Gasteiger partial charge in [0.05, 0.1) is 10.5 Å². The van der Waals surface area contributed by atoms with Crippen LogP contribution in [0.1, 0.15) is 15.9 Å². The van der Waals surface area contributed by atoms with E-state index in [-0.39, 0.29) is 17.1 Å². The number of ketones is 1. The molecule has 0 spiro atoms. The van der Waals surface area contributed by atoms with Crippen molar-refractivity contribution in [3.8, 4) is 0 Å². The molecule has 0 heterocycles. The van der Waals surface area contributed by atoms with E-state index in [0.717, 1.165) is 0 Å². The molecule has 0 saturated carbocycles. The van der Waals surface area contributed by atoms with Crippen LogP contribution in [0.2, 0.25) is 0 Å². The predicted octanol–water partition coefficient (Wildman–Crippen LogP) is 3.63. The van der Waals surface area contributed by atoms with E-state index in [9.17, 15) is 19.3 Å². The van der Waals surface area contributed by atoms with Crippen LogP contribution in [0.4, 0.5) is 10.1 Å². The molecule has 0 atom stereocenters. The fourth-order valence-corrected chi connectivity index (χ4v) is 1.68. The van der Waals surface area contributed by atoms with E-state index in [4.69, 9.17) is 0 Å². The zero-order chi connectivity index (χ0) is 14.5. The number of rotatable bonds is 4. The minimum absolute atomic E-state index is 0.0239. The van der Waals surface area contributed by atoms with E-state index in [1.165, 1.54) is 54.6 Å². The summed E-state index contributed by atoms with van der Waals surface area (Å²) in [6.07, 6.45) is 2.72. The molecule has 2 rings (SSSR count). The first kappa shape index (κ1) is 13.6. The molecule has 0 fully saturated rings. The number of benzene rings is 2. The van der Waals surface area contributed by atoms with Gasteiger partial charge in [-0.15, -0.1) is 0 Å². The Morgan fingerprint density at radius 3 is 2.40 bits per heavy atom. The first-order valence-corrected chi connectivity index (χ1v) is 5.79. The molecular weight excluding hydrogens is 261 g/mol. The topological polar surface area (TPSA) is 60.2 Å². The van der Waals surface area contributed by atoms with Gasteiger partial charge >= 0.3 is 0 Å². The summed E-state index contributed by atoms with van der Waals surface area (Å²) in [5.41, 5.74) is 0.426. The van der Waals surface area contributed by atoms with Crippen molar-refractivity contribution in [3.63, 3.8) is 0 Å². The Morgan fingerprint density at radius 2 is 1.75 bits per heavy atom. The van der Waals surface area contributed by atoms with Crippen LogP contribution >= 0.6 is 0 Å². The quantitative estimate of drug-likeness (QED) is 0.369. The van der Waals surface area contributed by atoms with Crippen molar-refractivity contribution in [3.05, 3.63) is 81.7 Å². The van der Waals surface area contributed by atoms with Gasteiger partial charge in [0.25, 0.3) is 5.69 Å². The molecule has 0 aliphatic heterocycles. The normalized spacial score (nSPS) is 10.7. The van der Waals surface area contributed by atoms with Crippen LogP contribution in [-0.2, 0) is 0 Å². The Bertz CT molecular complexity index is 678. The Labute approximate surface area is 114 Å². The first-order valence-electron chi connectivity index (χ1n) is 5.79. The smallest absolute Gasteiger partial charge is 0.280 e. The standard InChI is InChI=1S/C15H10FNO3/c16-12-8-5-11(6-9-12)7-10-15(18)13-3-1-2-4-14(13)17(19)20/h1-10H. The van der Waals surface area contributed by atoms with Crippen LogP contribution in [0.3, 0.4) is 0 Å². The van der Waals surface area contributed by atoms with E-state index in [1.807, 2.05) is 0 Å². The third-order valence-electron chi connectivity index (χ3n) is 2.66. The molecule has 0 unspecified atom stereocenters. The SMILES string of the molecule is O=C(C=Cc1ccc(F)cc1)c1ccccc1[N+](=O)[O-]. The number of nitrogens with zero attached hydrogens (tertiary/aromatic N) is 1. The second-order valence-corrected chi connectivity index (χ2v) is 4.02. The molecule has 0 saturated heterocycles. The minimum Gasteiger partial charge on any atom is -0.289 e. The summed E-state index contributed by atoms with van der Waals surface area (Å²) in [5.74, 6) is -0.839. The van der Waals surface area contributed by atoms with Crippen molar-refractivity contribution in [1.29, 1.82) is 0 Å². The van der Waals surface area contributed by atoms with Gasteiger partial charge < -0.3 is 0 Å². The lowest BCUT2D eigenvalue weighted by atomic mass is 10.1. The lowest BCUT2D eigenvalue weighted by molar-refractivity contribution is -0.385. The number of halogens is 1. The highest BCUT2D eigenvalue weighted by molar-refractivity contribution is 6.09. The lowest BCUT2D eigenvalue weighted by Gasteiger charge is -1.98. The highest BCUT2D eigenvalue weighted by atomic mass is 19.1. The number of carbonyl (C=O) groups excluding carboxylic acids is 1. The van der Waals surface area contributed by atoms with Crippen molar-refractivity contribution in [1.82, 2.24) is 0 Å². The fourth-order valence-electron chi connectivity index (χ4n) is 1.68. The average Bonchev–Trinajstić information content (AvgIpc) is 2.46. The number of nitro benzene ring substituents is 1. The second kappa shape index (κ2) is 5.88. The van der Waals surface area contributed by atoms with E-state index < -0.39 is 10.7 Å². The van der Waals surface area contributed by atoms with Crippen molar-refractivity contribution < 1.29 is 14.1 Å². The number of para-hydroxylation sites is 1. The summed E-state index contributed by atoms with van der Waals surface area (Å²) in [5, 5.41) is 10.8. The first-order chi connectivity index (χ1) is 9.58. The maximum Gasteiger partial charge on any atom is 0.280 e. The Kier molecular flexibility index (Phi) is 4.00. The average molecular weight is 271 g/mol. The van der Waals surface area contributed by atoms with Gasteiger partial charge in [0, 0.05) is 6.07 Å². The van der Waals surface area contributed by atoms with Gasteiger partial charge in [0.1, 0.15) is 5.82 Å². The van der Waals surface area contributed by atoms with Crippen molar-refractivity contribution in [2.75, 3.05) is 0 Å². The molecule has 20 heavy (non-hydrogen) atoms. The van der Waals surface area contributed by atoms with Gasteiger partial charge in [-0.05, 0) is 29.8 Å². The molecule has 0 bridgehead atoms. The van der Waals surface area contributed by atoms with Gasteiger partial charge in [-0.25, -0.2) is 4.39 Å². The molecule has 0 N–H and O–H groups in total. The van der Waals surface area contributed by atoms with Gasteiger partial charge in [0.2, 0.25) is 0 Å². The van der Waals surface area contributed by atoms with Crippen molar-refractivity contribution in [2.45, 2.75) is 0 Å². The molecule has 0 aliphatic carbocycles. The molecule has 0 aromatic heterocycles. The van der Waals surface area contributed by atoms with Crippen LogP contribution < -0.4 is 0 Å². The molecule has 2 aromatic carbocycles. The molecule has 0 radical (unpaired) electrons. The largest absolute Gasteiger partial charge is 0.289 e. The van der Waals surface area contributed by atoms with Crippen LogP contribution in [0.15, 0.2) is 54.6 Å². The molecule has 5 heteroatoms. The second-order valence-electron chi connectivity index (χ2n) is 4.02. The van der Waals surface area contributed by atoms with Crippen LogP contribution in [-0.4, -0.2) is 10.7 Å². The molecule has 2 aromatic rings. The third kappa shape index (κ3) is 3.14. The van der Waals surface area contributed by atoms with E-state index in [2.05, 4.69) is 0 Å². The predicted molar refractivity (Wildman–Crippen MR) is 72.9 cm³/mol. The molecule has 0 aliphatic rings. The molecule has 100 valence electrons. The van der Waals surface area contributed by atoms with Crippen LogP contribution in [0, 0.1) is 15.9 Å². The number of nitro groups is 1. The Hall–Kier alpha value is -2.82. The summed E-state index contributed by atoms with van der Waals surface area (Å²) in [6.45, 7) is 0. The van der Waals surface area contributed by atoms with Crippen LogP contribution in [0.25, 0.3) is 6.08 Å². The molecule has 4 nitrogen and oxygen atoms in total. The third-order valence-corrected chi connectivity index (χ3v) is 2.66. The zero-order valence-electron chi connectivity index (χ0n) is 10.3. The van der Waals surface area contributed by atoms with Crippen LogP contribution in [0.5, 0.6) is 0 Å². The number of hydrogen-bond donors (Lipinski definition) is 0. The maximum atomic E-state index is 12.7. The van der Waals surface area contributed by atoms with E-state index in [1.54, 1.807) is 6.07 Å². The molecule has 0 amide bonds. The van der Waals surface area contributed by atoms with Gasteiger partial charge in [-0.2, -0.15) is 0 Å².